The Morgan fingerprint density at radius 3 is 2.88 bits per heavy atom. The van der Waals surface area contributed by atoms with Gasteiger partial charge in [-0.2, -0.15) is 0 Å². The molecule has 1 N–H and O–H groups in total. The molecule has 0 spiro atoms. The molecule has 0 bridgehead atoms. The van der Waals surface area contributed by atoms with Crippen LogP contribution in [0.1, 0.15) is 12.2 Å². The van der Waals surface area contributed by atoms with Gasteiger partial charge in [-0.15, -0.1) is 0 Å². The van der Waals surface area contributed by atoms with Crippen LogP contribution in [0.2, 0.25) is 0 Å². The third kappa shape index (κ3) is 3.32. The van der Waals surface area contributed by atoms with Gasteiger partial charge in [0.2, 0.25) is 0 Å². The summed E-state index contributed by atoms with van der Waals surface area (Å²) in [5.74, 6) is 1.04. The number of fused-ring (bicyclic) bond motifs is 1. The molecule has 2 aromatic rings. The predicted molar refractivity (Wildman–Crippen MR) is 71.1 cm³/mol. The molecule has 0 aliphatic rings. The van der Waals surface area contributed by atoms with E-state index in [4.69, 9.17) is 4.42 Å². The molecule has 0 fully saturated rings. The highest BCUT2D eigenvalue weighted by Crippen LogP contribution is 2.19. The quantitative estimate of drug-likeness (QED) is 0.776. The minimum Gasteiger partial charge on any atom is -0.460 e. The third-order valence-corrected chi connectivity index (χ3v) is 2.87. The molecular formula is C14H20N2O. The summed E-state index contributed by atoms with van der Waals surface area (Å²) in [4.78, 5) is 2.29. The zero-order valence-electron chi connectivity index (χ0n) is 10.6. The molecule has 0 saturated carbocycles. The summed E-state index contributed by atoms with van der Waals surface area (Å²) in [6.07, 6.45) is 1.16. The van der Waals surface area contributed by atoms with Gasteiger partial charge in [-0.1, -0.05) is 18.2 Å². The SMILES string of the molecule is CNCCCN(C)Cc1cc2ccccc2o1. The van der Waals surface area contributed by atoms with Gasteiger partial charge in [-0.05, 0) is 45.7 Å². The van der Waals surface area contributed by atoms with E-state index >= 15 is 0 Å². The first kappa shape index (κ1) is 12.1. The van der Waals surface area contributed by atoms with Crippen molar-refractivity contribution in [3.8, 4) is 0 Å². The van der Waals surface area contributed by atoms with Crippen LogP contribution in [0, 0.1) is 0 Å². The number of hydrogen-bond acceptors (Lipinski definition) is 3. The van der Waals surface area contributed by atoms with Gasteiger partial charge in [0.15, 0.2) is 0 Å². The first-order valence-corrected chi connectivity index (χ1v) is 6.10. The van der Waals surface area contributed by atoms with E-state index < -0.39 is 0 Å². The summed E-state index contributed by atoms with van der Waals surface area (Å²) in [6.45, 7) is 3.01. The molecule has 17 heavy (non-hydrogen) atoms. The molecule has 1 heterocycles. The molecule has 1 aromatic carbocycles. The summed E-state index contributed by atoms with van der Waals surface area (Å²) in [5, 5.41) is 4.34. The summed E-state index contributed by atoms with van der Waals surface area (Å²) in [5.41, 5.74) is 0.978. The van der Waals surface area contributed by atoms with E-state index in [0.717, 1.165) is 37.4 Å². The number of para-hydroxylation sites is 1. The summed E-state index contributed by atoms with van der Waals surface area (Å²) < 4.78 is 5.79. The Kier molecular flexibility index (Phi) is 4.18. The van der Waals surface area contributed by atoms with Crippen molar-refractivity contribution in [2.24, 2.45) is 0 Å². The first-order valence-electron chi connectivity index (χ1n) is 6.10. The van der Waals surface area contributed by atoms with Gasteiger partial charge >= 0.3 is 0 Å². The van der Waals surface area contributed by atoms with Crippen LogP contribution in [0.3, 0.4) is 0 Å². The Morgan fingerprint density at radius 1 is 1.29 bits per heavy atom. The second-order valence-corrected chi connectivity index (χ2v) is 4.45. The van der Waals surface area contributed by atoms with Crippen LogP contribution in [0.4, 0.5) is 0 Å². The zero-order valence-corrected chi connectivity index (χ0v) is 10.6. The first-order chi connectivity index (χ1) is 8.29. The van der Waals surface area contributed by atoms with Gasteiger partial charge in [0.1, 0.15) is 11.3 Å². The summed E-state index contributed by atoms with van der Waals surface area (Å²) in [7, 11) is 4.11. The highest BCUT2D eigenvalue weighted by atomic mass is 16.3. The monoisotopic (exact) mass is 232 g/mol. The maximum absolute atomic E-state index is 5.79. The van der Waals surface area contributed by atoms with E-state index in [1.807, 2.05) is 25.2 Å². The molecule has 3 heteroatoms. The lowest BCUT2D eigenvalue weighted by Gasteiger charge is -2.14. The number of nitrogens with zero attached hydrogens (tertiary/aromatic N) is 1. The van der Waals surface area contributed by atoms with Gasteiger partial charge in [-0.25, -0.2) is 0 Å². The van der Waals surface area contributed by atoms with Crippen LogP contribution >= 0.6 is 0 Å². The second kappa shape index (κ2) is 5.84. The lowest BCUT2D eigenvalue weighted by molar-refractivity contribution is 0.295. The van der Waals surface area contributed by atoms with Gasteiger partial charge in [0, 0.05) is 5.39 Å². The second-order valence-electron chi connectivity index (χ2n) is 4.45. The number of benzene rings is 1. The fraction of sp³-hybridized carbons (Fsp3) is 0.429. The largest absolute Gasteiger partial charge is 0.460 e. The van der Waals surface area contributed by atoms with Crippen molar-refractivity contribution < 1.29 is 4.42 Å². The normalized spacial score (nSPS) is 11.5. The molecular weight excluding hydrogens is 212 g/mol. The van der Waals surface area contributed by atoms with Crippen LogP contribution in [0.5, 0.6) is 0 Å². The molecule has 92 valence electrons. The van der Waals surface area contributed by atoms with Gasteiger partial charge in [0.05, 0.1) is 6.54 Å². The average molecular weight is 232 g/mol. The molecule has 0 saturated heterocycles. The van der Waals surface area contributed by atoms with E-state index in [2.05, 4.69) is 29.4 Å². The molecule has 0 aliphatic heterocycles. The number of hydrogen-bond donors (Lipinski definition) is 1. The molecule has 0 atom stereocenters. The van der Waals surface area contributed by atoms with Crippen molar-refractivity contribution in [3.05, 3.63) is 36.1 Å². The van der Waals surface area contributed by atoms with Crippen LogP contribution in [0.15, 0.2) is 34.7 Å². The van der Waals surface area contributed by atoms with E-state index in [1.54, 1.807) is 0 Å². The topological polar surface area (TPSA) is 28.4 Å². The van der Waals surface area contributed by atoms with Crippen LogP contribution in [0.25, 0.3) is 11.0 Å². The maximum atomic E-state index is 5.79. The van der Waals surface area contributed by atoms with E-state index in [9.17, 15) is 0 Å². The molecule has 1 aromatic heterocycles. The van der Waals surface area contributed by atoms with E-state index in [0.29, 0.717) is 0 Å². The van der Waals surface area contributed by atoms with Crippen molar-refractivity contribution in [1.29, 1.82) is 0 Å². The van der Waals surface area contributed by atoms with Crippen molar-refractivity contribution in [1.82, 2.24) is 10.2 Å². The Hall–Kier alpha value is -1.32. The van der Waals surface area contributed by atoms with Gasteiger partial charge in [0.25, 0.3) is 0 Å². The molecule has 2 rings (SSSR count). The number of nitrogens with one attached hydrogen (secondary N) is 1. The Morgan fingerprint density at radius 2 is 2.12 bits per heavy atom. The Balaban J connectivity index is 1.93. The fourth-order valence-electron chi connectivity index (χ4n) is 1.99. The van der Waals surface area contributed by atoms with E-state index in [-0.39, 0.29) is 0 Å². The Labute approximate surface area is 102 Å². The molecule has 0 radical (unpaired) electrons. The third-order valence-electron chi connectivity index (χ3n) is 2.87. The predicted octanol–water partition coefficient (Wildman–Crippen LogP) is 2.47. The minimum absolute atomic E-state index is 0.873. The van der Waals surface area contributed by atoms with Crippen molar-refractivity contribution in [2.45, 2.75) is 13.0 Å². The molecule has 3 nitrogen and oxygen atoms in total. The maximum Gasteiger partial charge on any atom is 0.134 e. The minimum atomic E-state index is 0.873. The average Bonchev–Trinajstić information content (AvgIpc) is 2.71. The highest BCUT2D eigenvalue weighted by molar-refractivity contribution is 5.77. The summed E-state index contributed by atoms with van der Waals surface area (Å²) >= 11 is 0. The van der Waals surface area contributed by atoms with Crippen LogP contribution in [-0.2, 0) is 6.54 Å². The summed E-state index contributed by atoms with van der Waals surface area (Å²) in [6, 6.07) is 10.3. The van der Waals surface area contributed by atoms with Crippen LogP contribution < -0.4 is 5.32 Å². The Bertz CT molecular complexity index is 431. The fourth-order valence-corrected chi connectivity index (χ4v) is 1.99. The van der Waals surface area contributed by atoms with Gasteiger partial charge < -0.3 is 9.73 Å². The number of rotatable bonds is 6. The molecule has 0 aliphatic carbocycles. The van der Waals surface area contributed by atoms with Crippen molar-refractivity contribution in [2.75, 3.05) is 27.2 Å². The molecule has 0 unspecified atom stereocenters. The lowest BCUT2D eigenvalue weighted by atomic mass is 10.2. The van der Waals surface area contributed by atoms with Gasteiger partial charge in [-0.3, -0.25) is 4.90 Å². The smallest absolute Gasteiger partial charge is 0.134 e. The standard InChI is InChI=1S/C14H20N2O/c1-15-8-5-9-16(2)11-13-10-12-6-3-4-7-14(12)17-13/h3-4,6-7,10,15H,5,8-9,11H2,1-2H3. The number of furan rings is 1. The molecule has 0 amide bonds. The van der Waals surface area contributed by atoms with Crippen molar-refractivity contribution >= 4 is 11.0 Å². The van der Waals surface area contributed by atoms with Crippen molar-refractivity contribution in [3.63, 3.8) is 0 Å². The zero-order chi connectivity index (χ0) is 12.1. The van der Waals surface area contributed by atoms with Crippen LogP contribution in [-0.4, -0.2) is 32.1 Å². The highest BCUT2D eigenvalue weighted by Gasteiger charge is 2.05. The van der Waals surface area contributed by atoms with E-state index in [1.165, 1.54) is 5.39 Å². The lowest BCUT2D eigenvalue weighted by Crippen LogP contribution is -2.22.